The number of hydrogen-bond donors (Lipinski definition) is 1. The van der Waals surface area contributed by atoms with E-state index in [2.05, 4.69) is 16.9 Å². The van der Waals surface area contributed by atoms with Crippen LogP contribution in [0.25, 0.3) is 0 Å². The van der Waals surface area contributed by atoms with Crippen LogP contribution in [0, 0.1) is 0 Å². The van der Waals surface area contributed by atoms with E-state index < -0.39 is 0 Å². The molecule has 106 valence electrons. The van der Waals surface area contributed by atoms with Gasteiger partial charge in [-0.25, -0.2) is 4.98 Å². The van der Waals surface area contributed by atoms with E-state index in [1.165, 1.54) is 11.8 Å². The molecule has 2 rings (SSSR count). The molecule has 1 heterocycles. The predicted octanol–water partition coefficient (Wildman–Crippen LogP) is 3.69. The molecule has 0 amide bonds. The van der Waals surface area contributed by atoms with E-state index in [0.29, 0.717) is 16.6 Å². The molecule has 1 aromatic carbocycles. The molecule has 0 spiro atoms. The molecule has 0 aliphatic carbocycles. The van der Waals surface area contributed by atoms with E-state index >= 15 is 0 Å². The summed E-state index contributed by atoms with van der Waals surface area (Å²) in [5.74, 6) is 0. The van der Waals surface area contributed by atoms with Gasteiger partial charge in [0.05, 0.1) is 5.69 Å². The van der Waals surface area contributed by atoms with E-state index in [-0.39, 0.29) is 5.56 Å². The van der Waals surface area contributed by atoms with Crippen molar-refractivity contribution in [3.05, 3.63) is 56.5 Å². The molecular formula is C15H17ClN2OS. The van der Waals surface area contributed by atoms with Crippen LogP contribution in [0.3, 0.4) is 0 Å². The van der Waals surface area contributed by atoms with Crippen LogP contribution < -0.4 is 5.56 Å². The van der Waals surface area contributed by atoms with Crippen LogP contribution in [-0.2, 0) is 12.8 Å². The second-order valence-corrected chi connectivity index (χ2v) is 5.72. The Balaban J connectivity index is 2.45. The first kappa shape index (κ1) is 15.1. The molecule has 0 fully saturated rings. The fraction of sp³-hybridized carbons (Fsp3) is 0.333. The Morgan fingerprint density at radius 1 is 1.35 bits per heavy atom. The predicted molar refractivity (Wildman–Crippen MR) is 84.9 cm³/mol. The molecule has 0 saturated carbocycles. The van der Waals surface area contributed by atoms with Gasteiger partial charge in [-0.15, -0.1) is 0 Å². The number of nitrogens with zero attached hydrogens (tertiary/aromatic N) is 1. The number of halogens is 1. The number of rotatable bonds is 5. The van der Waals surface area contributed by atoms with Crippen molar-refractivity contribution < 1.29 is 0 Å². The van der Waals surface area contributed by atoms with Crippen molar-refractivity contribution >= 4 is 23.4 Å². The van der Waals surface area contributed by atoms with Crippen LogP contribution in [0.15, 0.2) is 34.2 Å². The summed E-state index contributed by atoms with van der Waals surface area (Å²) >= 11 is 7.63. The number of benzene rings is 1. The molecule has 0 bridgehead atoms. The normalized spacial score (nSPS) is 10.8. The Hall–Kier alpha value is -1.26. The van der Waals surface area contributed by atoms with Crippen LogP contribution in [0.5, 0.6) is 0 Å². The summed E-state index contributed by atoms with van der Waals surface area (Å²) in [6.07, 6.45) is 4.19. The number of hydrogen-bond acceptors (Lipinski definition) is 3. The van der Waals surface area contributed by atoms with Gasteiger partial charge < -0.3 is 4.98 Å². The highest BCUT2D eigenvalue weighted by atomic mass is 35.5. The van der Waals surface area contributed by atoms with Gasteiger partial charge in [-0.2, -0.15) is 0 Å². The second kappa shape index (κ2) is 6.95. The first-order valence-corrected chi connectivity index (χ1v) is 8.15. The number of aromatic nitrogens is 2. The fourth-order valence-electron chi connectivity index (χ4n) is 2.08. The monoisotopic (exact) mass is 308 g/mol. The lowest BCUT2D eigenvalue weighted by molar-refractivity contribution is 0.789. The molecule has 2 aromatic rings. The van der Waals surface area contributed by atoms with Crippen molar-refractivity contribution in [2.24, 2.45) is 0 Å². The van der Waals surface area contributed by atoms with Crippen molar-refractivity contribution in [2.75, 3.05) is 6.26 Å². The number of thioether (sulfide) groups is 1. The Labute approximate surface area is 127 Å². The topological polar surface area (TPSA) is 45.8 Å². The highest BCUT2D eigenvalue weighted by molar-refractivity contribution is 7.98. The lowest BCUT2D eigenvalue weighted by Crippen LogP contribution is -2.19. The van der Waals surface area contributed by atoms with Gasteiger partial charge in [0.2, 0.25) is 0 Å². The average Bonchev–Trinajstić information content (AvgIpc) is 2.44. The average molecular weight is 309 g/mol. The maximum absolute atomic E-state index is 12.3. The minimum absolute atomic E-state index is 0.0623. The lowest BCUT2D eigenvalue weighted by atomic mass is 10.0. The summed E-state index contributed by atoms with van der Waals surface area (Å²) in [7, 11) is 0. The Morgan fingerprint density at radius 3 is 2.75 bits per heavy atom. The third kappa shape index (κ3) is 3.44. The smallest absolute Gasteiger partial charge is 0.255 e. The Bertz CT molecular complexity index is 655. The zero-order valence-corrected chi connectivity index (χ0v) is 13.1. The molecule has 3 nitrogen and oxygen atoms in total. The molecule has 0 aliphatic heterocycles. The van der Waals surface area contributed by atoms with Gasteiger partial charge in [0.15, 0.2) is 5.16 Å². The Kier molecular flexibility index (Phi) is 5.26. The lowest BCUT2D eigenvalue weighted by Gasteiger charge is -2.09. The molecule has 0 radical (unpaired) electrons. The van der Waals surface area contributed by atoms with E-state index in [9.17, 15) is 4.79 Å². The molecule has 1 N–H and O–H groups in total. The number of aromatic amines is 1. The van der Waals surface area contributed by atoms with Gasteiger partial charge in [0, 0.05) is 17.0 Å². The second-order valence-electron chi connectivity index (χ2n) is 4.52. The summed E-state index contributed by atoms with van der Waals surface area (Å²) in [5.41, 5.74) is 2.49. The van der Waals surface area contributed by atoms with Crippen LogP contribution >= 0.6 is 23.4 Å². The van der Waals surface area contributed by atoms with Crippen LogP contribution in [-0.4, -0.2) is 16.2 Å². The van der Waals surface area contributed by atoms with Gasteiger partial charge in [0.1, 0.15) is 0 Å². The van der Waals surface area contributed by atoms with Gasteiger partial charge in [-0.3, -0.25) is 4.79 Å². The van der Waals surface area contributed by atoms with Gasteiger partial charge >= 0.3 is 0 Å². The van der Waals surface area contributed by atoms with Crippen molar-refractivity contribution in [2.45, 2.75) is 31.3 Å². The number of aryl methyl sites for hydroxylation is 1. The molecule has 20 heavy (non-hydrogen) atoms. The SMILES string of the molecule is CCCc1nc(SC)[nH]c(=O)c1Cc1ccccc1Cl. The summed E-state index contributed by atoms with van der Waals surface area (Å²) in [6.45, 7) is 2.08. The van der Waals surface area contributed by atoms with Crippen molar-refractivity contribution in [1.82, 2.24) is 9.97 Å². The number of H-pyrrole nitrogens is 1. The highest BCUT2D eigenvalue weighted by Crippen LogP contribution is 2.20. The standard InChI is InChI=1S/C15H17ClN2OS/c1-3-6-13-11(14(19)18-15(17-13)20-2)9-10-7-4-5-8-12(10)16/h4-5,7-8H,3,6,9H2,1-2H3,(H,17,18,19). The molecular weight excluding hydrogens is 292 g/mol. The quantitative estimate of drug-likeness (QED) is 0.677. The van der Waals surface area contributed by atoms with E-state index in [1.807, 2.05) is 30.5 Å². The maximum Gasteiger partial charge on any atom is 0.255 e. The zero-order valence-electron chi connectivity index (χ0n) is 11.6. The zero-order chi connectivity index (χ0) is 14.5. The van der Waals surface area contributed by atoms with E-state index in [1.54, 1.807) is 0 Å². The summed E-state index contributed by atoms with van der Waals surface area (Å²) in [5, 5.41) is 1.35. The highest BCUT2D eigenvalue weighted by Gasteiger charge is 2.12. The first-order chi connectivity index (χ1) is 9.65. The molecule has 0 aliphatic rings. The van der Waals surface area contributed by atoms with Crippen molar-refractivity contribution in [3.63, 3.8) is 0 Å². The van der Waals surface area contributed by atoms with Gasteiger partial charge in [-0.1, -0.05) is 54.9 Å². The maximum atomic E-state index is 12.3. The minimum atomic E-state index is -0.0623. The third-order valence-electron chi connectivity index (χ3n) is 3.08. The summed E-state index contributed by atoms with van der Waals surface area (Å²) in [4.78, 5) is 19.6. The minimum Gasteiger partial charge on any atom is -0.301 e. The molecule has 0 unspecified atom stereocenters. The Morgan fingerprint density at radius 2 is 2.10 bits per heavy atom. The summed E-state index contributed by atoms with van der Waals surface area (Å²) in [6, 6.07) is 7.60. The largest absolute Gasteiger partial charge is 0.301 e. The van der Waals surface area contributed by atoms with Crippen molar-refractivity contribution in [1.29, 1.82) is 0 Å². The van der Waals surface area contributed by atoms with Gasteiger partial charge in [-0.05, 0) is 24.3 Å². The van der Waals surface area contributed by atoms with Crippen LogP contribution in [0.2, 0.25) is 5.02 Å². The summed E-state index contributed by atoms with van der Waals surface area (Å²) < 4.78 is 0. The number of nitrogens with one attached hydrogen (secondary N) is 1. The van der Waals surface area contributed by atoms with Gasteiger partial charge in [0.25, 0.3) is 5.56 Å². The van der Waals surface area contributed by atoms with Crippen LogP contribution in [0.4, 0.5) is 0 Å². The molecule has 0 atom stereocenters. The van der Waals surface area contributed by atoms with Crippen molar-refractivity contribution in [3.8, 4) is 0 Å². The van der Waals surface area contributed by atoms with Crippen LogP contribution in [0.1, 0.15) is 30.2 Å². The third-order valence-corrected chi connectivity index (χ3v) is 4.03. The van der Waals surface area contributed by atoms with E-state index in [0.717, 1.165) is 29.7 Å². The fourth-order valence-corrected chi connectivity index (χ4v) is 2.68. The first-order valence-electron chi connectivity index (χ1n) is 6.55. The van der Waals surface area contributed by atoms with E-state index in [4.69, 9.17) is 11.6 Å². The molecule has 5 heteroatoms. The molecule has 0 saturated heterocycles. The molecule has 1 aromatic heterocycles.